The minimum Gasteiger partial charge on any atom is -0.481 e. The van der Waals surface area contributed by atoms with Crippen LogP contribution in [-0.2, 0) is 14.4 Å². The zero-order valence-corrected chi connectivity index (χ0v) is 11.9. The summed E-state index contributed by atoms with van der Waals surface area (Å²) in [6.45, 7) is 0.586. The van der Waals surface area contributed by atoms with E-state index in [2.05, 4.69) is 5.32 Å². The molecule has 2 fully saturated rings. The zero-order valence-electron chi connectivity index (χ0n) is 11.9. The smallest absolute Gasteiger partial charge is 0.305 e. The number of hydrogen-bond donors (Lipinski definition) is 2. The third-order valence-electron chi connectivity index (χ3n) is 4.47. The van der Waals surface area contributed by atoms with Crippen molar-refractivity contribution in [2.45, 2.75) is 50.5 Å². The lowest BCUT2D eigenvalue weighted by Crippen LogP contribution is -2.51. The first kappa shape index (κ1) is 14.8. The Hall–Kier alpha value is -1.59. The van der Waals surface area contributed by atoms with E-state index in [1.54, 1.807) is 11.9 Å². The van der Waals surface area contributed by atoms with Crippen molar-refractivity contribution >= 4 is 17.8 Å². The van der Waals surface area contributed by atoms with Crippen LogP contribution in [0.1, 0.15) is 44.9 Å². The molecular weight excluding hydrogens is 260 g/mol. The molecule has 20 heavy (non-hydrogen) atoms. The normalized spacial score (nSPS) is 25.6. The Morgan fingerprint density at radius 1 is 1.40 bits per heavy atom. The summed E-state index contributed by atoms with van der Waals surface area (Å²) in [5, 5.41) is 12.0. The van der Waals surface area contributed by atoms with Crippen molar-refractivity contribution in [1.29, 1.82) is 0 Å². The van der Waals surface area contributed by atoms with Gasteiger partial charge in [0.2, 0.25) is 11.8 Å². The minimum atomic E-state index is -0.883. The number of piperidine rings is 1. The van der Waals surface area contributed by atoms with Crippen LogP contribution in [0.5, 0.6) is 0 Å². The highest BCUT2D eigenvalue weighted by Crippen LogP contribution is 2.33. The molecule has 112 valence electrons. The van der Waals surface area contributed by atoms with Crippen molar-refractivity contribution in [3.8, 4) is 0 Å². The van der Waals surface area contributed by atoms with E-state index in [9.17, 15) is 14.4 Å². The number of carbonyl (C=O) groups excluding carboxylic acids is 2. The van der Waals surface area contributed by atoms with Gasteiger partial charge in [0.05, 0.1) is 12.0 Å². The maximum atomic E-state index is 12.3. The van der Waals surface area contributed by atoms with Gasteiger partial charge in [0.15, 0.2) is 0 Å². The fourth-order valence-electron chi connectivity index (χ4n) is 3.22. The molecule has 0 aromatic rings. The minimum absolute atomic E-state index is 0.0184. The Morgan fingerprint density at radius 2 is 2.05 bits per heavy atom. The van der Waals surface area contributed by atoms with Gasteiger partial charge in [-0.1, -0.05) is 12.8 Å². The third-order valence-corrected chi connectivity index (χ3v) is 4.47. The molecule has 0 bridgehead atoms. The summed E-state index contributed by atoms with van der Waals surface area (Å²) in [4.78, 5) is 36.6. The fourth-order valence-corrected chi connectivity index (χ4v) is 3.22. The van der Waals surface area contributed by atoms with E-state index in [1.165, 1.54) is 0 Å². The van der Waals surface area contributed by atoms with Crippen molar-refractivity contribution in [3.05, 3.63) is 0 Å². The van der Waals surface area contributed by atoms with Gasteiger partial charge in [-0.3, -0.25) is 14.4 Å². The molecule has 1 aliphatic heterocycles. The molecule has 1 unspecified atom stereocenters. The maximum Gasteiger partial charge on any atom is 0.305 e. The van der Waals surface area contributed by atoms with Gasteiger partial charge < -0.3 is 15.3 Å². The van der Waals surface area contributed by atoms with Crippen LogP contribution in [0.15, 0.2) is 0 Å². The molecule has 2 N–H and O–H groups in total. The first-order chi connectivity index (χ1) is 9.42. The molecule has 2 amide bonds. The fraction of sp³-hybridized carbons (Fsp3) is 0.786. The number of aliphatic carboxylic acids is 1. The summed E-state index contributed by atoms with van der Waals surface area (Å²) >= 11 is 0. The summed E-state index contributed by atoms with van der Waals surface area (Å²) in [5.74, 6) is -1.37. The number of rotatable bonds is 4. The van der Waals surface area contributed by atoms with Crippen molar-refractivity contribution < 1.29 is 19.5 Å². The molecule has 2 aliphatic rings. The predicted octanol–water partition coefficient (Wildman–Crippen LogP) is 0.758. The van der Waals surface area contributed by atoms with Crippen molar-refractivity contribution in [1.82, 2.24) is 10.2 Å². The molecule has 0 radical (unpaired) electrons. The highest BCUT2D eigenvalue weighted by Gasteiger charge is 2.39. The maximum absolute atomic E-state index is 12.3. The lowest BCUT2D eigenvalue weighted by atomic mass is 9.89. The summed E-state index contributed by atoms with van der Waals surface area (Å²) in [6, 6.07) is 0. The highest BCUT2D eigenvalue weighted by atomic mass is 16.4. The lowest BCUT2D eigenvalue weighted by molar-refractivity contribution is -0.142. The molecule has 0 aromatic carbocycles. The van der Waals surface area contributed by atoms with Gasteiger partial charge in [0.1, 0.15) is 0 Å². The Balaban J connectivity index is 1.98. The van der Waals surface area contributed by atoms with Crippen LogP contribution in [0.2, 0.25) is 0 Å². The van der Waals surface area contributed by atoms with E-state index < -0.39 is 11.5 Å². The summed E-state index contributed by atoms with van der Waals surface area (Å²) < 4.78 is 0. The van der Waals surface area contributed by atoms with Gasteiger partial charge in [-0.25, -0.2) is 0 Å². The van der Waals surface area contributed by atoms with E-state index in [-0.39, 0.29) is 30.6 Å². The van der Waals surface area contributed by atoms with Gasteiger partial charge in [-0.15, -0.1) is 0 Å². The topological polar surface area (TPSA) is 86.7 Å². The molecule has 1 saturated heterocycles. The van der Waals surface area contributed by atoms with Crippen molar-refractivity contribution in [3.63, 3.8) is 0 Å². The highest BCUT2D eigenvalue weighted by molar-refractivity contribution is 5.87. The molecule has 1 atom stereocenters. The Kier molecular flexibility index (Phi) is 4.30. The summed E-state index contributed by atoms with van der Waals surface area (Å²) in [6.07, 6.45) is 4.17. The number of carboxylic acids is 1. The van der Waals surface area contributed by atoms with E-state index >= 15 is 0 Å². The van der Waals surface area contributed by atoms with Crippen LogP contribution in [0.25, 0.3) is 0 Å². The van der Waals surface area contributed by atoms with E-state index in [0.717, 1.165) is 12.8 Å². The van der Waals surface area contributed by atoms with Crippen LogP contribution in [0, 0.1) is 5.92 Å². The quantitative estimate of drug-likeness (QED) is 0.797. The zero-order chi connectivity index (χ0) is 14.8. The van der Waals surface area contributed by atoms with Crippen LogP contribution in [0.3, 0.4) is 0 Å². The first-order valence-electron chi connectivity index (χ1n) is 7.20. The lowest BCUT2D eigenvalue weighted by Gasteiger charge is -2.33. The van der Waals surface area contributed by atoms with E-state index in [1.807, 2.05) is 0 Å². The van der Waals surface area contributed by atoms with E-state index in [4.69, 9.17) is 5.11 Å². The summed E-state index contributed by atoms with van der Waals surface area (Å²) in [5.41, 5.74) is -0.602. The number of hydrogen-bond acceptors (Lipinski definition) is 3. The van der Waals surface area contributed by atoms with Crippen LogP contribution >= 0.6 is 0 Å². The van der Waals surface area contributed by atoms with Crippen molar-refractivity contribution in [2.24, 2.45) is 5.92 Å². The SMILES string of the molecule is CN1CCC(C(=O)NC2(CC(=O)O)CCCC2)CC1=O. The average molecular weight is 282 g/mol. The molecule has 0 aromatic heterocycles. The van der Waals surface area contributed by atoms with Gasteiger partial charge in [-0.2, -0.15) is 0 Å². The predicted molar refractivity (Wildman–Crippen MR) is 72.0 cm³/mol. The monoisotopic (exact) mass is 282 g/mol. The Morgan fingerprint density at radius 3 is 2.60 bits per heavy atom. The van der Waals surface area contributed by atoms with Gasteiger partial charge in [-0.05, 0) is 19.3 Å². The number of nitrogens with zero attached hydrogens (tertiary/aromatic N) is 1. The molecule has 6 nitrogen and oxygen atoms in total. The second kappa shape index (κ2) is 5.81. The molecule has 6 heteroatoms. The number of carboxylic acid groups (broad SMARTS) is 1. The first-order valence-corrected chi connectivity index (χ1v) is 7.20. The largest absolute Gasteiger partial charge is 0.481 e. The number of amides is 2. The summed E-state index contributed by atoms with van der Waals surface area (Å²) in [7, 11) is 1.74. The second-order valence-corrected chi connectivity index (χ2v) is 6.05. The Labute approximate surface area is 118 Å². The van der Waals surface area contributed by atoms with Crippen LogP contribution < -0.4 is 5.32 Å². The Bertz CT molecular complexity index is 415. The van der Waals surface area contributed by atoms with Crippen molar-refractivity contribution in [2.75, 3.05) is 13.6 Å². The molecule has 1 heterocycles. The average Bonchev–Trinajstić information content (AvgIpc) is 2.79. The second-order valence-electron chi connectivity index (χ2n) is 6.05. The number of carbonyl (C=O) groups is 3. The standard InChI is InChI=1S/C14H22N2O4/c1-16-7-4-10(8-11(16)17)13(20)15-14(9-12(18)19)5-2-3-6-14/h10H,2-9H2,1H3,(H,15,20)(H,18,19). The van der Waals surface area contributed by atoms with Crippen LogP contribution in [-0.4, -0.2) is 46.9 Å². The molecular formula is C14H22N2O4. The van der Waals surface area contributed by atoms with E-state index in [0.29, 0.717) is 25.8 Å². The van der Waals surface area contributed by atoms with Crippen LogP contribution in [0.4, 0.5) is 0 Å². The van der Waals surface area contributed by atoms with Gasteiger partial charge in [0, 0.05) is 25.9 Å². The van der Waals surface area contributed by atoms with Gasteiger partial charge >= 0.3 is 5.97 Å². The molecule has 1 saturated carbocycles. The third kappa shape index (κ3) is 3.29. The number of likely N-dealkylation sites (tertiary alicyclic amines) is 1. The number of nitrogens with one attached hydrogen (secondary N) is 1. The molecule has 0 spiro atoms. The van der Waals surface area contributed by atoms with Gasteiger partial charge in [0.25, 0.3) is 0 Å². The molecule has 1 aliphatic carbocycles. The molecule has 2 rings (SSSR count).